The van der Waals surface area contributed by atoms with Crippen LogP contribution in [0, 0.1) is 0 Å². The monoisotopic (exact) mass is 276 g/mol. The molecule has 4 heteroatoms. The van der Waals surface area contributed by atoms with E-state index in [1.54, 1.807) is 0 Å². The maximum atomic E-state index is 6.14. The van der Waals surface area contributed by atoms with Crippen molar-refractivity contribution in [3.8, 4) is 0 Å². The molecule has 2 N–H and O–H groups in total. The molecule has 0 aromatic carbocycles. The summed E-state index contributed by atoms with van der Waals surface area (Å²) in [6.07, 6.45) is 5.16. The summed E-state index contributed by atoms with van der Waals surface area (Å²) in [4.78, 5) is 9.30. The Hall–Kier alpha value is -0.970. The minimum absolute atomic E-state index is 0.153. The van der Waals surface area contributed by atoms with E-state index in [4.69, 9.17) is 5.73 Å². The molecule has 1 saturated heterocycles. The van der Waals surface area contributed by atoms with Gasteiger partial charge in [0.05, 0.1) is 0 Å². The average Bonchev–Trinajstić information content (AvgIpc) is 2.49. The number of likely N-dealkylation sites (tertiary alicyclic amines) is 1. The normalized spacial score (nSPS) is 27.9. The first kappa shape index (κ1) is 15.4. The van der Waals surface area contributed by atoms with Gasteiger partial charge in [0.1, 0.15) is 0 Å². The molecule has 2 rings (SSSR count). The van der Waals surface area contributed by atoms with E-state index in [2.05, 4.69) is 47.9 Å². The predicted molar refractivity (Wildman–Crippen MR) is 83.7 cm³/mol. The van der Waals surface area contributed by atoms with Crippen molar-refractivity contribution in [2.45, 2.75) is 37.8 Å². The first-order valence-corrected chi connectivity index (χ1v) is 7.59. The summed E-state index contributed by atoms with van der Waals surface area (Å²) >= 11 is 0. The van der Waals surface area contributed by atoms with Crippen molar-refractivity contribution in [2.75, 3.05) is 33.7 Å². The van der Waals surface area contributed by atoms with Gasteiger partial charge in [-0.3, -0.25) is 9.88 Å². The number of hydrogen-bond acceptors (Lipinski definition) is 4. The molecule has 1 fully saturated rings. The predicted octanol–water partition coefficient (Wildman–Crippen LogP) is 1.37. The maximum Gasteiger partial charge on any atom is 0.0416 e. The van der Waals surface area contributed by atoms with Gasteiger partial charge in [-0.1, -0.05) is 6.07 Å². The van der Waals surface area contributed by atoms with E-state index in [9.17, 15) is 0 Å². The van der Waals surface area contributed by atoms with Crippen molar-refractivity contribution in [1.82, 2.24) is 14.8 Å². The number of hydrogen-bond donors (Lipinski definition) is 1. The molecule has 4 nitrogen and oxygen atoms in total. The maximum absolute atomic E-state index is 6.14. The lowest BCUT2D eigenvalue weighted by Gasteiger charge is -2.49. The summed E-state index contributed by atoms with van der Waals surface area (Å²) in [6, 6.07) is 6.72. The SMILES string of the molecule is CC1CC(CN)(N(C)CCc2ccccn2)CCN1C. The molecule has 20 heavy (non-hydrogen) atoms. The Labute approximate surface area is 123 Å². The third-order valence-electron chi connectivity index (χ3n) is 4.98. The zero-order valence-electron chi connectivity index (χ0n) is 13.0. The number of pyridine rings is 1. The quantitative estimate of drug-likeness (QED) is 0.882. The van der Waals surface area contributed by atoms with Gasteiger partial charge in [-0.15, -0.1) is 0 Å². The summed E-state index contributed by atoms with van der Waals surface area (Å²) in [6.45, 7) is 5.19. The zero-order chi connectivity index (χ0) is 14.6. The molecule has 1 aliphatic rings. The molecular formula is C16H28N4. The van der Waals surface area contributed by atoms with Crippen LogP contribution in [-0.4, -0.2) is 60.1 Å². The fraction of sp³-hybridized carbons (Fsp3) is 0.688. The molecule has 0 spiro atoms. The minimum atomic E-state index is 0.153. The van der Waals surface area contributed by atoms with Gasteiger partial charge in [0, 0.05) is 43.0 Å². The van der Waals surface area contributed by atoms with Gasteiger partial charge >= 0.3 is 0 Å². The number of likely N-dealkylation sites (N-methyl/N-ethyl adjacent to an activating group) is 1. The largest absolute Gasteiger partial charge is 0.329 e. The van der Waals surface area contributed by atoms with Crippen LogP contribution >= 0.6 is 0 Å². The summed E-state index contributed by atoms with van der Waals surface area (Å²) in [5.74, 6) is 0. The standard InChI is InChI=1S/C16H28N4/c1-14-12-16(13-17,8-11-19(14)2)20(3)10-7-15-6-4-5-9-18-15/h4-6,9,14H,7-8,10-13,17H2,1-3H3. The highest BCUT2D eigenvalue weighted by atomic mass is 15.2. The van der Waals surface area contributed by atoms with Crippen molar-refractivity contribution < 1.29 is 0 Å². The van der Waals surface area contributed by atoms with Gasteiger partial charge in [-0.2, -0.15) is 0 Å². The van der Waals surface area contributed by atoms with Gasteiger partial charge in [-0.25, -0.2) is 0 Å². The Morgan fingerprint density at radius 2 is 2.30 bits per heavy atom. The molecule has 2 unspecified atom stereocenters. The Morgan fingerprint density at radius 1 is 1.50 bits per heavy atom. The Balaban J connectivity index is 1.97. The third-order valence-corrected chi connectivity index (χ3v) is 4.98. The van der Waals surface area contributed by atoms with Crippen LogP contribution in [0.2, 0.25) is 0 Å². The van der Waals surface area contributed by atoms with Gasteiger partial charge in [0.2, 0.25) is 0 Å². The topological polar surface area (TPSA) is 45.4 Å². The lowest BCUT2D eigenvalue weighted by Crippen LogP contribution is -2.60. The number of aromatic nitrogens is 1. The molecule has 0 radical (unpaired) electrons. The number of nitrogens with two attached hydrogens (primary N) is 1. The van der Waals surface area contributed by atoms with Gasteiger partial charge in [-0.05, 0) is 52.5 Å². The second kappa shape index (κ2) is 6.66. The molecule has 2 atom stereocenters. The second-order valence-electron chi connectivity index (χ2n) is 6.20. The summed E-state index contributed by atoms with van der Waals surface area (Å²) in [7, 11) is 4.42. The number of nitrogens with zero attached hydrogens (tertiary/aromatic N) is 3. The van der Waals surface area contributed by atoms with Crippen LogP contribution in [0.4, 0.5) is 0 Å². The zero-order valence-corrected chi connectivity index (χ0v) is 13.0. The molecular weight excluding hydrogens is 248 g/mol. The average molecular weight is 276 g/mol. The Kier molecular flexibility index (Phi) is 5.13. The van der Waals surface area contributed by atoms with Crippen molar-refractivity contribution in [2.24, 2.45) is 5.73 Å². The molecule has 1 aliphatic heterocycles. The van der Waals surface area contributed by atoms with Crippen LogP contribution < -0.4 is 5.73 Å². The number of rotatable bonds is 5. The molecule has 1 aromatic rings. The molecule has 0 aliphatic carbocycles. The third kappa shape index (κ3) is 3.37. The van der Waals surface area contributed by atoms with Gasteiger partial charge in [0.15, 0.2) is 0 Å². The highest BCUT2D eigenvalue weighted by Gasteiger charge is 2.38. The first-order chi connectivity index (χ1) is 9.57. The fourth-order valence-corrected chi connectivity index (χ4v) is 3.17. The molecule has 0 amide bonds. The van der Waals surface area contributed by atoms with Crippen molar-refractivity contribution in [3.05, 3.63) is 30.1 Å². The van der Waals surface area contributed by atoms with Crippen LogP contribution in [0.5, 0.6) is 0 Å². The summed E-state index contributed by atoms with van der Waals surface area (Å²) in [5.41, 5.74) is 7.45. The smallest absolute Gasteiger partial charge is 0.0416 e. The minimum Gasteiger partial charge on any atom is -0.329 e. The first-order valence-electron chi connectivity index (χ1n) is 7.59. The van der Waals surface area contributed by atoms with Crippen molar-refractivity contribution >= 4 is 0 Å². The highest BCUT2D eigenvalue weighted by molar-refractivity contribution is 5.05. The van der Waals surface area contributed by atoms with Crippen LogP contribution in [-0.2, 0) is 6.42 Å². The Bertz CT molecular complexity index is 408. The van der Waals surface area contributed by atoms with E-state index in [1.807, 2.05) is 12.3 Å². The van der Waals surface area contributed by atoms with Crippen molar-refractivity contribution in [1.29, 1.82) is 0 Å². The highest BCUT2D eigenvalue weighted by Crippen LogP contribution is 2.30. The van der Waals surface area contributed by atoms with Gasteiger partial charge in [0.25, 0.3) is 0 Å². The molecule has 0 bridgehead atoms. The van der Waals surface area contributed by atoms with Crippen molar-refractivity contribution in [3.63, 3.8) is 0 Å². The van der Waals surface area contributed by atoms with E-state index in [-0.39, 0.29) is 5.54 Å². The van der Waals surface area contributed by atoms with Crippen LogP contribution in [0.25, 0.3) is 0 Å². The second-order valence-corrected chi connectivity index (χ2v) is 6.20. The van der Waals surface area contributed by atoms with E-state index in [0.29, 0.717) is 6.04 Å². The van der Waals surface area contributed by atoms with Crippen LogP contribution in [0.15, 0.2) is 24.4 Å². The summed E-state index contributed by atoms with van der Waals surface area (Å²) in [5, 5.41) is 0. The van der Waals surface area contributed by atoms with E-state index in [0.717, 1.165) is 44.6 Å². The molecule has 1 aromatic heterocycles. The van der Waals surface area contributed by atoms with E-state index < -0.39 is 0 Å². The van der Waals surface area contributed by atoms with E-state index in [1.165, 1.54) is 0 Å². The molecule has 0 saturated carbocycles. The van der Waals surface area contributed by atoms with Crippen LogP contribution in [0.3, 0.4) is 0 Å². The van der Waals surface area contributed by atoms with Gasteiger partial charge < -0.3 is 10.6 Å². The molecule has 112 valence electrons. The molecule has 2 heterocycles. The van der Waals surface area contributed by atoms with Crippen LogP contribution in [0.1, 0.15) is 25.5 Å². The fourth-order valence-electron chi connectivity index (χ4n) is 3.17. The Morgan fingerprint density at radius 3 is 2.90 bits per heavy atom. The summed E-state index contributed by atoms with van der Waals surface area (Å²) < 4.78 is 0. The lowest BCUT2D eigenvalue weighted by atomic mass is 9.82. The van der Waals surface area contributed by atoms with E-state index >= 15 is 0 Å². The number of piperidine rings is 1. The lowest BCUT2D eigenvalue weighted by molar-refractivity contribution is 0.0275.